The van der Waals surface area contributed by atoms with Crippen molar-refractivity contribution in [1.29, 1.82) is 0 Å². The molecule has 0 heterocycles. The van der Waals surface area contributed by atoms with Crippen LogP contribution in [0.25, 0.3) is 0 Å². The van der Waals surface area contributed by atoms with E-state index in [1.807, 2.05) is 30.4 Å². The third-order valence-corrected chi connectivity index (χ3v) is 10.2. The summed E-state index contributed by atoms with van der Waals surface area (Å²) >= 11 is 0. The van der Waals surface area contributed by atoms with E-state index in [2.05, 4.69) is 124 Å². The van der Waals surface area contributed by atoms with Crippen molar-refractivity contribution in [3.63, 3.8) is 0 Å². The monoisotopic (exact) mass is 897 g/mol. The number of ether oxygens (including phenoxy) is 3. The molecule has 1 atom stereocenters. The Labute approximate surface area is 398 Å². The molecular formula is C59H92O6. The van der Waals surface area contributed by atoms with E-state index in [0.717, 1.165) is 116 Å². The summed E-state index contributed by atoms with van der Waals surface area (Å²) in [5, 5.41) is 0. The second-order valence-electron chi connectivity index (χ2n) is 16.4. The van der Waals surface area contributed by atoms with Gasteiger partial charge in [-0.05, 0) is 103 Å². The predicted octanol–water partition coefficient (Wildman–Crippen LogP) is 17.1. The van der Waals surface area contributed by atoms with Gasteiger partial charge in [-0.2, -0.15) is 0 Å². The molecule has 364 valence electrons. The van der Waals surface area contributed by atoms with E-state index in [1.165, 1.54) is 38.5 Å². The van der Waals surface area contributed by atoms with Crippen LogP contribution in [0.3, 0.4) is 0 Å². The van der Waals surface area contributed by atoms with Gasteiger partial charge in [-0.1, -0.05) is 212 Å². The first-order valence-corrected chi connectivity index (χ1v) is 25.7. The molecule has 6 nitrogen and oxygen atoms in total. The second kappa shape index (κ2) is 52.2. The van der Waals surface area contributed by atoms with Gasteiger partial charge in [0.25, 0.3) is 0 Å². The Bertz CT molecular complexity index is 1450. The third kappa shape index (κ3) is 50.4. The van der Waals surface area contributed by atoms with Crippen LogP contribution in [-0.4, -0.2) is 37.2 Å². The van der Waals surface area contributed by atoms with E-state index in [4.69, 9.17) is 14.2 Å². The maximum absolute atomic E-state index is 12.8. The molecule has 0 amide bonds. The van der Waals surface area contributed by atoms with Crippen molar-refractivity contribution in [2.24, 2.45) is 0 Å². The number of rotatable bonds is 44. The number of unbranched alkanes of at least 4 members (excludes halogenated alkanes) is 14. The molecule has 0 N–H and O–H groups in total. The van der Waals surface area contributed by atoms with Crippen LogP contribution in [0.4, 0.5) is 0 Å². The molecule has 0 aromatic heterocycles. The van der Waals surface area contributed by atoms with Crippen LogP contribution in [0.5, 0.6) is 0 Å². The van der Waals surface area contributed by atoms with Crippen molar-refractivity contribution in [2.75, 3.05) is 13.2 Å². The highest BCUT2D eigenvalue weighted by molar-refractivity contribution is 5.71. The Morgan fingerprint density at radius 1 is 0.338 bits per heavy atom. The van der Waals surface area contributed by atoms with Crippen LogP contribution in [0.1, 0.15) is 201 Å². The normalized spacial score (nSPS) is 13.2. The Kier molecular flexibility index (Phi) is 48.6. The van der Waals surface area contributed by atoms with Gasteiger partial charge in [0.15, 0.2) is 6.10 Å². The van der Waals surface area contributed by atoms with Crippen molar-refractivity contribution in [2.45, 2.75) is 207 Å². The van der Waals surface area contributed by atoms with Gasteiger partial charge in [0.1, 0.15) is 13.2 Å². The zero-order valence-corrected chi connectivity index (χ0v) is 41.4. The molecule has 6 heteroatoms. The lowest BCUT2D eigenvalue weighted by Gasteiger charge is -2.18. The molecule has 0 spiro atoms. The van der Waals surface area contributed by atoms with Crippen molar-refractivity contribution in [3.05, 3.63) is 134 Å². The molecule has 0 aliphatic rings. The average molecular weight is 897 g/mol. The van der Waals surface area contributed by atoms with Crippen molar-refractivity contribution < 1.29 is 28.6 Å². The first-order chi connectivity index (χ1) is 32.0. The number of hydrogen-bond donors (Lipinski definition) is 0. The molecule has 0 aromatic rings. The molecule has 0 aliphatic carbocycles. The van der Waals surface area contributed by atoms with Crippen LogP contribution in [-0.2, 0) is 28.6 Å². The van der Waals surface area contributed by atoms with Crippen molar-refractivity contribution >= 4 is 17.9 Å². The molecule has 0 radical (unpaired) electrons. The summed E-state index contributed by atoms with van der Waals surface area (Å²) in [7, 11) is 0. The lowest BCUT2D eigenvalue weighted by atomic mass is 10.1. The fraction of sp³-hybridized carbons (Fsp3) is 0.576. The zero-order chi connectivity index (χ0) is 47.2. The minimum Gasteiger partial charge on any atom is -0.462 e. The van der Waals surface area contributed by atoms with E-state index in [1.54, 1.807) is 0 Å². The Morgan fingerprint density at radius 3 is 1.23 bits per heavy atom. The highest BCUT2D eigenvalue weighted by Gasteiger charge is 2.19. The van der Waals surface area contributed by atoms with Crippen LogP contribution < -0.4 is 0 Å². The summed E-state index contributed by atoms with van der Waals surface area (Å²) in [6.45, 7) is 6.25. The Balaban J connectivity index is 4.57. The molecule has 0 saturated carbocycles. The number of hydrogen-bond acceptors (Lipinski definition) is 6. The van der Waals surface area contributed by atoms with Crippen LogP contribution in [0, 0.1) is 0 Å². The Morgan fingerprint density at radius 2 is 0.708 bits per heavy atom. The summed E-state index contributed by atoms with van der Waals surface area (Å²) < 4.78 is 16.7. The smallest absolute Gasteiger partial charge is 0.306 e. The summed E-state index contributed by atoms with van der Waals surface area (Å²) in [6, 6.07) is 0. The number of esters is 3. The van der Waals surface area contributed by atoms with Gasteiger partial charge in [0, 0.05) is 19.3 Å². The largest absolute Gasteiger partial charge is 0.462 e. The standard InChI is InChI=1S/C59H92O6/c1-4-7-10-13-16-19-22-25-27-28-29-30-32-34-37-40-43-46-49-52-58(61)64-55-56(54-63-57(60)51-48-45-42-39-36-33-24-21-18-15-12-9-6-3)65-59(62)53-50-47-44-41-38-35-31-26-23-20-17-14-11-8-5-2/h7-8,10-11,14,16-17,19-20,23,25-27,29-31,33-34,36-37,42,45,56H,4-6,9,12-13,15,18,21-22,24,28,32,35,38-41,43-44,46-55H2,1-3H3/b10-7-,11-8-,17-14-,19-16-,23-20-,27-25-,30-29-,31-26-,36-33-,37-34-,45-42-. The molecule has 0 bridgehead atoms. The topological polar surface area (TPSA) is 78.9 Å². The number of allylic oxidation sites excluding steroid dienone is 22. The fourth-order valence-electron chi connectivity index (χ4n) is 6.41. The van der Waals surface area contributed by atoms with Crippen LogP contribution in [0.15, 0.2) is 134 Å². The lowest BCUT2D eigenvalue weighted by molar-refractivity contribution is -0.166. The first-order valence-electron chi connectivity index (χ1n) is 25.7. The maximum atomic E-state index is 12.8. The summed E-state index contributed by atoms with van der Waals surface area (Å²) in [5.74, 6) is -1.06. The van der Waals surface area contributed by atoms with Gasteiger partial charge >= 0.3 is 17.9 Å². The van der Waals surface area contributed by atoms with E-state index in [0.29, 0.717) is 12.8 Å². The zero-order valence-electron chi connectivity index (χ0n) is 41.4. The van der Waals surface area contributed by atoms with E-state index >= 15 is 0 Å². The predicted molar refractivity (Wildman–Crippen MR) is 279 cm³/mol. The van der Waals surface area contributed by atoms with E-state index < -0.39 is 6.10 Å². The highest BCUT2D eigenvalue weighted by atomic mass is 16.6. The summed E-state index contributed by atoms with van der Waals surface area (Å²) in [5.41, 5.74) is 0. The first kappa shape index (κ1) is 60.5. The van der Waals surface area contributed by atoms with Crippen LogP contribution in [0.2, 0.25) is 0 Å². The average Bonchev–Trinajstić information content (AvgIpc) is 3.30. The van der Waals surface area contributed by atoms with Gasteiger partial charge in [-0.3, -0.25) is 14.4 Å². The molecule has 0 rings (SSSR count). The van der Waals surface area contributed by atoms with E-state index in [9.17, 15) is 14.4 Å². The summed E-state index contributed by atoms with van der Waals surface area (Å²) in [4.78, 5) is 37.9. The second-order valence-corrected chi connectivity index (χ2v) is 16.4. The van der Waals surface area contributed by atoms with Crippen molar-refractivity contribution in [1.82, 2.24) is 0 Å². The molecule has 0 aliphatic heterocycles. The Hall–Kier alpha value is -4.45. The van der Waals surface area contributed by atoms with Gasteiger partial charge < -0.3 is 14.2 Å². The van der Waals surface area contributed by atoms with Crippen LogP contribution >= 0.6 is 0 Å². The third-order valence-electron chi connectivity index (χ3n) is 10.2. The number of carbonyl (C=O) groups is 3. The molecular weight excluding hydrogens is 805 g/mol. The molecule has 0 saturated heterocycles. The molecule has 0 aromatic carbocycles. The number of carbonyl (C=O) groups excluding carboxylic acids is 3. The van der Waals surface area contributed by atoms with Gasteiger partial charge in [-0.25, -0.2) is 0 Å². The minimum atomic E-state index is -0.831. The fourth-order valence-corrected chi connectivity index (χ4v) is 6.41. The minimum absolute atomic E-state index is 0.127. The highest BCUT2D eigenvalue weighted by Crippen LogP contribution is 2.12. The van der Waals surface area contributed by atoms with Gasteiger partial charge in [0.05, 0.1) is 0 Å². The maximum Gasteiger partial charge on any atom is 0.306 e. The quantitative estimate of drug-likeness (QED) is 0.0199. The lowest BCUT2D eigenvalue weighted by Crippen LogP contribution is -2.30. The van der Waals surface area contributed by atoms with Gasteiger partial charge in [0.2, 0.25) is 0 Å². The van der Waals surface area contributed by atoms with E-state index in [-0.39, 0.29) is 44.0 Å². The van der Waals surface area contributed by atoms with Crippen molar-refractivity contribution in [3.8, 4) is 0 Å². The van der Waals surface area contributed by atoms with Gasteiger partial charge in [-0.15, -0.1) is 0 Å². The SMILES string of the molecule is CC\C=C/C=C\C=C/C=C\CCCCCCCC(=O)OC(COC(=O)CC/C=C\C/C=C\CCCCCCCC)COC(=O)CCCCC/C=C\C/C=C\C/C=C\C/C=C\C/C=C\CC. The summed E-state index contributed by atoms with van der Waals surface area (Å²) in [6.07, 6.45) is 73.0. The molecule has 65 heavy (non-hydrogen) atoms. The molecule has 1 unspecified atom stereocenters. The molecule has 0 fully saturated rings.